The van der Waals surface area contributed by atoms with E-state index in [9.17, 15) is 13.2 Å². The Labute approximate surface area is 142 Å². The van der Waals surface area contributed by atoms with Gasteiger partial charge in [0.2, 0.25) is 15.4 Å². The number of carbonyl (C=O) groups is 1. The van der Waals surface area contributed by atoms with Crippen molar-refractivity contribution in [1.29, 1.82) is 0 Å². The van der Waals surface area contributed by atoms with Crippen molar-refractivity contribution in [3.8, 4) is 11.5 Å². The van der Waals surface area contributed by atoms with Crippen molar-refractivity contribution < 1.29 is 22.7 Å². The van der Waals surface area contributed by atoms with Crippen molar-refractivity contribution in [2.75, 3.05) is 18.5 Å². The summed E-state index contributed by atoms with van der Waals surface area (Å²) >= 11 is 0.767. The van der Waals surface area contributed by atoms with Crippen LogP contribution < -0.4 is 19.5 Å². The van der Waals surface area contributed by atoms with Crippen molar-refractivity contribution in [2.45, 2.75) is 17.4 Å². The summed E-state index contributed by atoms with van der Waals surface area (Å²) in [5.41, 5.74) is 0. The van der Waals surface area contributed by atoms with Crippen LogP contribution in [0.2, 0.25) is 0 Å². The second-order valence-corrected chi connectivity index (χ2v) is 7.82. The molecule has 0 radical (unpaired) electrons. The number of nitrogens with zero attached hydrogens (tertiary/aromatic N) is 2. The first-order chi connectivity index (χ1) is 11.4. The number of sulfonamides is 1. The van der Waals surface area contributed by atoms with Crippen LogP contribution in [0, 0.1) is 0 Å². The maximum atomic E-state index is 12.2. The summed E-state index contributed by atoms with van der Waals surface area (Å²) in [7, 11) is -3.84. The van der Waals surface area contributed by atoms with Gasteiger partial charge in [0.05, 0.1) is 6.54 Å². The number of hydrogen-bond donors (Lipinski definition) is 2. The zero-order valence-electron chi connectivity index (χ0n) is 12.6. The zero-order chi connectivity index (χ0) is 17.2. The van der Waals surface area contributed by atoms with Crippen LogP contribution in [0.4, 0.5) is 5.13 Å². The van der Waals surface area contributed by atoms with E-state index < -0.39 is 16.1 Å². The number of amides is 1. The van der Waals surface area contributed by atoms with Crippen LogP contribution in [-0.4, -0.2) is 43.8 Å². The molecule has 0 bridgehead atoms. The van der Waals surface area contributed by atoms with E-state index >= 15 is 0 Å². The lowest BCUT2D eigenvalue weighted by Gasteiger charge is -2.26. The van der Waals surface area contributed by atoms with Crippen LogP contribution in [0.1, 0.15) is 6.92 Å². The van der Waals surface area contributed by atoms with E-state index in [1.165, 1.54) is 6.92 Å². The number of rotatable bonds is 5. The molecule has 1 aromatic carbocycles. The molecule has 1 amide bonds. The highest BCUT2D eigenvalue weighted by atomic mass is 32.2. The lowest BCUT2D eigenvalue weighted by atomic mass is 10.2. The number of nitrogens with one attached hydrogen (secondary N) is 2. The average molecular weight is 370 g/mol. The van der Waals surface area contributed by atoms with Gasteiger partial charge in [0, 0.05) is 6.92 Å². The van der Waals surface area contributed by atoms with Crippen LogP contribution >= 0.6 is 11.3 Å². The first kappa shape index (κ1) is 16.6. The molecule has 0 saturated heterocycles. The van der Waals surface area contributed by atoms with E-state index in [-0.39, 0.29) is 28.5 Å². The minimum absolute atomic E-state index is 0.0196. The summed E-state index contributed by atoms with van der Waals surface area (Å²) in [4.78, 5) is 10.9. The van der Waals surface area contributed by atoms with E-state index in [0.717, 1.165) is 11.3 Å². The predicted molar refractivity (Wildman–Crippen MR) is 85.8 cm³/mol. The molecule has 2 heterocycles. The summed E-state index contributed by atoms with van der Waals surface area (Å²) in [5.74, 6) is 0.840. The summed E-state index contributed by atoms with van der Waals surface area (Å²) in [6.07, 6.45) is -0.461. The van der Waals surface area contributed by atoms with Gasteiger partial charge in [0.15, 0.2) is 11.5 Å². The summed E-state index contributed by atoms with van der Waals surface area (Å²) in [6, 6.07) is 7.16. The second kappa shape index (κ2) is 6.71. The number of para-hydroxylation sites is 2. The van der Waals surface area contributed by atoms with Gasteiger partial charge in [0.25, 0.3) is 10.0 Å². The highest BCUT2D eigenvalue weighted by Crippen LogP contribution is 2.30. The third-order valence-corrected chi connectivity index (χ3v) is 5.62. The molecule has 24 heavy (non-hydrogen) atoms. The maximum absolute atomic E-state index is 12.2. The van der Waals surface area contributed by atoms with E-state index in [2.05, 4.69) is 20.2 Å². The van der Waals surface area contributed by atoms with Crippen LogP contribution in [0.25, 0.3) is 0 Å². The number of hydrogen-bond acceptors (Lipinski definition) is 8. The van der Waals surface area contributed by atoms with Crippen molar-refractivity contribution >= 4 is 32.4 Å². The highest BCUT2D eigenvalue weighted by molar-refractivity contribution is 7.91. The molecule has 11 heteroatoms. The molecule has 3 rings (SSSR count). The van der Waals surface area contributed by atoms with Crippen LogP contribution in [0.5, 0.6) is 11.5 Å². The molecule has 0 saturated carbocycles. The fraction of sp³-hybridized carbons (Fsp3) is 0.308. The van der Waals surface area contributed by atoms with Crippen LogP contribution in [0.3, 0.4) is 0 Å². The number of ether oxygens (including phenoxy) is 2. The molecule has 9 nitrogen and oxygen atoms in total. The molecule has 2 aromatic rings. The van der Waals surface area contributed by atoms with Gasteiger partial charge in [-0.25, -0.2) is 13.1 Å². The Bertz CT molecular complexity index is 852. The van der Waals surface area contributed by atoms with E-state index in [1.54, 1.807) is 18.2 Å². The Morgan fingerprint density at radius 2 is 2.08 bits per heavy atom. The second-order valence-electron chi connectivity index (χ2n) is 4.90. The standard InChI is InChI=1S/C13H14N4O5S2/c1-8(18)15-12-16-17-13(23-12)24(19,20)14-6-9-7-21-10-4-2-3-5-11(10)22-9/h2-5,9,14H,6-7H2,1H3,(H,15,16,18). The minimum Gasteiger partial charge on any atom is -0.486 e. The van der Waals surface area contributed by atoms with Gasteiger partial charge < -0.3 is 14.8 Å². The molecule has 1 aromatic heterocycles. The normalized spacial score (nSPS) is 16.6. The monoisotopic (exact) mass is 370 g/mol. The van der Waals surface area contributed by atoms with E-state index in [4.69, 9.17) is 9.47 Å². The molecule has 0 aliphatic carbocycles. The van der Waals surface area contributed by atoms with Crippen LogP contribution in [0.15, 0.2) is 28.6 Å². The SMILES string of the molecule is CC(=O)Nc1nnc(S(=O)(=O)NCC2COc3ccccc3O2)s1. The summed E-state index contributed by atoms with van der Waals surface area (Å²) in [5, 5.41) is 9.68. The van der Waals surface area contributed by atoms with Crippen molar-refractivity contribution in [3.63, 3.8) is 0 Å². The first-order valence-electron chi connectivity index (χ1n) is 6.93. The Kier molecular flexibility index (Phi) is 4.64. The third kappa shape index (κ3) is 3.80. The number of benzene rings is 1. The van der Waals surface area contributed by atoms with Gasteiger partial charge in [-0.1, -0.05) is 23.5 Å². The van der Waals surface area contributed by atoms with Gasteiger partial charge in [-0.05, 0) is 12.1 Å². The molecule has 1 unspecified atom stereocenters. The fourth-order valence-electron chi connectivity index (χ4n) is 1.95. The molecule has 1 aliphatic rings. The van der Waals surface area contributed by atoms with E-state index in [1.807, 2.05) is 6.07 Å². The minimum atomic E-state index is -3.84. The number of carbonyl (C=O) groups excluding carboxylic acids is 1. The fourth-order valence-corrected chi connectivity index (χ4v) is 4.00. The topological polar surface area (TPSA) is 120 Å². The quantitative estimate of drug-likeness (QED) is 0.740. The van der Waals surface area contributed by atoms with Crippen molar-refractivity contribution in [1.82, 2.24) is 14.9 Å². The molecular weight excluding hydrogens is 356 g/mol. The average Bonchev–Trinajstić information content (AvgIpc) is 3.01. The smallest absolute Gasteiger partial charge is 0.269 e. The molecule has 128 valence electrons. The largest absolute Gasteiger partial charge is 0.486 e. The lowest BCUT2D eigenvalue weighted by Crippen LogP contribution is -2.40. The van der Waals surface area contributed by atoms with Crippen LogP contribution in [-0.2, 0) is 14.8 Å². The molecule has 1 atom stereocenters. The molecular formula is C13H14N4O5S2. The maximum Gasteiger partial charge on any atom is 0.269 e. The lowest BCUT2D eigenvalue weighted by molar-refractivity contribution is -0.114. The molecule has 0 spiro atoms. The van der Waals surface area contributed by atoms with Gasteiger partial charge in [-0.2, -0.15) is 0 Å². The first-order valence-corrected chi connectivity index (χ1v) is 9.23. The van der Waals surface area contributed by atoms with Gasteiger partial charge in [-0.3, -0.25) is 4.79 Å². The molecule has 0 fully saturated rings. The molecule has 1 aliphatic heterocycles. The Morgan fingerprint density at radius 1 is 1.33 bits per heavy atom. The van der Waals surface area contributed by atoms with Crippen molar-refractivity contribution in [3.05, 3.63) is 24.3 Å². The Hall–Kier alpha value is -2.24. The summed E-state index contributed by atoms with van der Waals surface area (Å²) < 4.78 is 37.8. The third-order valence-electron chi connectivity index (χ3n) is 2.99. The van der Waals surface area contributed by atoms with Crippen molar-refractivity contribution in [2.24, 2.45) is 0 Å². The van der Waals surface area contributed by atoms with Gasteiger partial charge in [0.1, 0.15) is 12.7 Å². The zero-order valence-corrected chi connectivity index (χ0v) is 14.2. The Balaban J connectivity index is 1.61. The number of aromatic nitrogens is 2. The summed E-state index contributed by atoms with van der Waals surface area (Å²) in [6.45, 7) is 1.55. The number of fused-ring (bicyclic) bond motifs is 1. The highest BCUT2D eigenvalue weighted by Gasteiger charge is 2.25. The van der Waals surface area contributed by atoms with E-state index in [0.29, 0.717) is 11.5 Å². The van der Waals surface area contributed by atoms with Gasteiger partial charge in [-0.15, -0.1) is 10.2 Å². The molecule has 2 N–H and O–H groups in total. The van der Waals surface area contributed by atoms with Gasteiger partial charge >= 0.3 is 0 Å². The Morgan fingerprint density at radius 3 is 2.83 bits per heavy atom. The predicted octanol–water partition coefficient (Wildman–Crippen LogP) is 0.615. The number of anilines is 1.